The average Bonchev–Trinajstić information content (AvgIpc) is 3.22. The van der Waals surface area contributed by atoms with E-state index in [2.05, 4.69) is 5.10 Å². The molecular formula is C21H18F3N3O3. The lowest BCUT2D eigenvalue weighted by Crippen LogP contribution is -2.41. The van der Waals surface area contributed by atoms with Crippen molar-refractivity contribution in [3.63, 3.8) is 0 Å². The van der Waals surface area contributed by atoms with E-state index in [0.717, 1.165) is 0 Å². The molecule has 0 saturated heterocycles. The van der Waals surface area contributed by atoms with Crippen LogP contribution in [0.2, 0.25) is 0 Å². The SMILES string of the molecule is Cn1cc(-c2cc(OCCC(N)=O)cc3c2-c2ccccc2C3(O)C(F)(F)F)cn1. The molecule has 4 rings (SSSR count). The Bertz CT molecular complexity index is 1140. The summed E-state index contributed by atoms with van der Waals surface area (Å²) in [6.07, 6.45) is -1.87. The number of rotatable bonds is 5. The molecule has 1 atom stereocenters. The Hall–Kier alpha value is -3.33. The minimum atomic E-state index is -4.97. The molecule has 0 bridgehead atoms. The minimum Gasteiger partial charge on any atom is -0.493 e. The van der Waals surface area contributed by atoms with Crippen LogP contribution in [0.3, 0.4) is 0 Å². The lowest BCUT2D eigenvalue weighted by atomic mass is 9.89. The fourth-order valence-corrected chi connectivity index (χ4v) is 3.80. The molecule has 2 aromatic carbocycles. The monoisotopic (exact) mass is 417 g/mol. The van der Waals surface area contributed by atoms with Crippen molar-refractivity contribution in [3.05, 3.63) is 59.9 Å². The topological polar surface area (TPSA) is 90.4 Å². The molecule has 30 heavy (non-hydrogen) atoms. The number of carbonyl (C=O) groups excluding carboxylic acids is 1. The van der Waals surface area contributed by atoms with E-state index in [1.807, 2.05) is 0 Å². The van der Waals surface area contributed by atoms with Gasteiger partial charge in [-0.2, -0.15) is 18.3 Å². The Kier molecular flexibility index (Phi) is 4.58. The number of fused-ring (bicyclic) bond motifs is 3. The maximum atomic E-state index is 14.2. The van der Waals surface area contributed by atoms with Crippen LogP contribution in [-0.4, -0.2) is 33.6 Å². The zero-order chi connectivity index (χ0) is 21.7. The Balaban J connectivity index is 1.98. The van der Waals surface area contributed by atoms with Crippen molar-refractivity contribution < 1.29 is 27.8 Å². The van der Waals surface area contributed by atoms with Crippen LogP contribution in [0, 0.1) is 0 Å². The van der Waals surface area contributed by atoms with E-state index >= 15 is 0 Å². The molecule has 1 aliphatic rings. The third-order valence-electron chi connectivity index (χ3n) is 5.13. The van der Waals surface area contributed by atoms with Gasteiger partial charge in [0.15, 0.2) is 0 Å². The van der Waals surface area contributed by atoms with Crippen LogP contribution >= 0.6 is 0 Å². The number of aryl methyl sites for hydroxylation is 1. The maximum Gasteiger partial charge on any atom is 0.425 e. The number of aromatic nitrogens is 2. The van der Waals surface area contributed by atoms with Gasteiger partial charge in [0.1, 0.15) is 5.75 Å². The van der Waals surface area contributed by atoms with E-state index in [0.29, 0.717) is 11.1 Å². The number of carbonyl (C=O) groups is 1. The number of hydrogen-bond donors (Lipinski definition) is 2. The highest BCUT2D eigenvalue weighted by Gasteiger charge is 2.61. The maximum absolute atomic E-state index is 14.2. The first-order chi connectivity index (χ1) is 14.1. The van der Waals surface area contributed by atoms with Gasteiger partial charge in [0.05, 0.1) is 19.2 Å². The van der Waals surface area contributed by atoms with Gasteiger partial charge in [0.25, 0.3) is 0 Å². The molecule has 1 unspecified atom stereocenters. The number of halogens is 3. The second-order valence-corrected chi connectivity index (χ2v) is 7.11. The lowest BCUT2D eigenvalue weighted by Gasteiger charge is -2.28. The van der Waals surface area contributed by atoms with Crippen LogP contribution in [0.1, 0.15) is 17.5 Å². The molecular weight excluding hydrogens is 399 g/mol. The van der Waals surface area contributed by atoms with Crippen LogP contribution < -0.4 is 10.5 Å². The summed E-state index contributed by atoms with van der Waals surface area (Å²) < 4.78 is 49.5. The molecule has 1 amide bonds. The first kappa shape index (κ1) is 20.0. The van der Waals surface area contributed by atoms with Crippen LogP contribution in [-0.2, 0) is 17.4 Å². The van der Waals surface area contributed by atoms with Crippen LogP contribution in [0.5, 0.6) is 5.75 Å². The normalized spacial score (nSPS) is 17.5. The zero-order valence-corrected chi connectivity index (χ0v) is 15.9. The molecule has 9 heteroatoms. The summed E-state index contributed by atoms with van der Waals surface area (Å²) in [6.45, 7) is -0.0992. The van der Waals surface area contributed by atoms with E-state index in [1.54, 1.807) is 31.4 Å². The van der Waals surface area contributed by atoms with Gasteiger partial charge in [0.2, 0.25) is 11.5 Å². The molecule has 3 N–H and O–H groups in total. The molecule has 0 fully saturated rings. The van der Waals surface area contributed by atoms with Crippen molar-refractivity contribution in [2.24, 2.45) is 12.8 Å². The molecule has 0 saturated carbocycles. The molecule has 156 valence electrons. The number of amides is 1. The van der Waals surface area contributed by atoms with E-state index < -0.39 is 17.7 Å². The number of primary amides is 1. The summed E-state index contributed by atoms with van der Waals surface area (Å²) in [6, 6.07) is 8.64. The van der Waals surface area contributed by atoms with E-state index in [4.69, 9.17) is 10.5 Å². The van der Waals surface area contributed by atoms with E-state index in [1.165, 1.54) is 29.1 Å². The highest BCUT2D eigenvalue weighted by atomic mass is 19.4. The smallest absolute Gasteiger partial charge is 0.425 e. The third kappa shape index (κ3) is 3.02. The number of alkyl halides is 3. The van der Waals surface area contributed by atoms with Crippen LogP contribution in [0.25, 0.3) is 22.3 Å². The molecule has 0 radical (unpaired) electrons. The highest BCUT2D eigenvalue weighted by molar-refractivity contribution is 5.93. The second-order valence-electron chi connectivity index (χ2n) is 7.11. The van der Waals surface area contributed by atoms with Gasteiger partial charge in [-0.1, -0.05) is 24.3 Å². The molecule has 3 aromatic rings. The van der Waals surface area contributed by atoms with Crippen molar-refractivity contribution in [1.82, 2.24) is 9.78 Å². The third-order valence-corrected chi connectivity index (χ3v) is 5.13. The number of benzene rings is 2. The Morgan fingerprint density at radius 1 is 1.23 bits per heavy atom. The summed E-state index contributed by atoms with van der Waals surface area (Å²) in [7, 11) is 1.69. The van der Waals surface area contributed by atoms with Crippen molar-refractivity contribution in [2.45, 2.75) is 18.2 Å². The fourth-order valence-electron chi connectivity index (χ4n) is 3.80. The van der Waals surface area contributed by atoms with Gasteiger partial charge in [-0.3, -0.25) is 9.48 Å². The minimum absolute atomic E-state index is 0.0873. The largest absolute Gasteiger partial charge is 0.493 e. The first-order valence-corrected chi connectivity index (χ1v) is 9.10. The second kappa shape index (κ2) is 6.88. The number of hydrogen-bond acceptors (Lipinski definition) is 4. The van der Waals surface area contributed by atoms with E-state index in [-0.39, 0.29) is 41.0 Å². The van der Waals surface area contributed by atoms with Crippen LogP contribution in [0.15, 0.2) is 48.8 Å². The van der Waals surface area contributed by atoms with Crippen molar-refractivity contribution in [3.8, 4) is 28.0 Å². The first-order valence-electron chi connectivity index (χ1n) is 9.10. The van der Waals surface area contributed by atoms with Gasteiger partial charge >= 0.3 is 6.18 Å². The number of aliphatic hydroxyl groups is 1. The molecule has 0 aliphatic heterocycles. The fraction of sp³-hybridized carbons (Fsp3) is 0.238. The quantitative estimate of drug-likeness (QED) is 0.668. The summed E-state index contributed by atoms with van der Waals surface area (Å²) in [4.78, 5) is 11.0. The van der Waals surface area contributed by atoms with E-state index in [9.17, 15) is 23.1 Å². The Morgan fingerprint density at radius 3 is 2.60 bits per heavy atom. The Morgan fingerprint density at radius 2 is 1.97 bits per heavy atom. The van der Waals surface area contributed by atoms with Crippen molar-refractivity contribution in [2.75, 3.05) is 6.61 Å². The number of nitrogens with two attached hydrogens (primary N) is 1. The molecule has 1 aliphatic carbocycles. The molecule has 1 heterocycles. The lowest BCUT2D eigenvalue weighted by molar-refractivity contribution is -0.246. The summed E-state index contributed by atoms with van der Waals surface area (Å²) >= 11 is 0. The van der Waals surface area contributed by atoms with Gasteiger partial charge < -0.3 is 15.6 Å². The molecule has 1 aromatic heterocycles. The summed E-state index contributed by atoms with van der Waals surface area (Å²) in [5, 5.41) is 15.1. The number of ether oxygens (including phenoxy) is 1. The summed E-state index contributed by atoms with van der Waals surface area (Å²) in [5.74, 6) is -0.507. The van der Waals surface area contributed by atoms with Gasteiger partial charge in [-0.05, 0) is 28.8 Å². The van der Waals surface area contributed by atoms with Gasteiger partial charge in [-0.25, -0.2) is 0 Å². The van der Waals surface area contributed by atoms with Gasteiger partial charge in [0, 0.05) is 29.9 Å². The standard InChI is InChI=1S/C21H18F3N3O3/c1-27-11-12(10-26-27)15-8-13(30-7-6-18(25)28)9-17-19(15)14-4-2-3-5-16(14)20(17,29)21(22,23)24/h2-5,8-11,29H,6-7H2,1H3,(H2,25,28). The Labute approximate surface area is 169 Å². The zero-order valence-electron chi connectivity index (χ0n) is 15.9. The van der Waals surface area contributed by atoms with Gasteiger partial charge in [-0.15, -0.1) is 0 Å². The predicted molar refractivity (Wildman–Crippen MR) is 102 cm³/mol. The van der Waals surface area contributed by atoms with Crippen molar-refractivity contribution >= 4 is 5.91 Å². The molecule has 0 spiro atoms. The molecule has 6 nitrogen and oxygen atoms in total. The highest BCUT2D eigenvalue weighted by Crippen LogP contribution is 2.58. The number of nitrogens with zero attached hydrogens (tertiary/aromatic N) is 2. The predicted octanol–water partition coefficient (Wildman–Crippen LogP) is 3.12. The average molecular weight is 417 g/mol. The van der Waals surface area contributed by atoms with Crippen LogP contribution in [0.4, 0.5) is 13.2 Å². The summed E-state index contributed by atoms with van der Waals surface area (Å²) in [5.41, 5.74) is 2.89. The van der Waals surface area contributed by atoms with Crippen molar-refractivity contribution in [1.29, 1.82) is 0 Å².